The Morgan fingerprint density at radius 3 is 2.57 bits per heavy atom. The van der Waals surface area contributed by atoms with E-state index < -0.39 is 10.0 Å². The molecule has 3 aromatic rings. The van der Waals surface area contributed by atoms with E-state index in [1.807, 2.05) is 35.7 Å². The Bertz CT molecular complexity index is 1140. The number of sulfonamides is 1. The summed E-state index contributed by atoms with van der Waals surface area (Å²) in [5, 5.41) is 5.26. The van der Waals surface area contributed by atoms with E-state index in [9.17, 15) is 13.2 Å². The highest BCUT2D eigenvalue weighted by atomic mass is 35.5. The zero-order valence-corrected chi connectivity index (χ0v) is 18.3. The first-order valence-corrected chi connectivity index (χ1v) is 12.1. The molecule has 0 unspecified atom stereocenters. The van der Waals surface area contributed by atoms with E-state index in [4.69, 9.17) is 11.6 Å². The first-order chi connectivity index (χ1) is 14.4. The van der Waals surface area contributed by atoms with Crippen LogP contribution in [0.4, 0.5) is 5.13 Å². The van der Waals surface area contributed by atoms with Gasteiger partial charge >= 0.3 is 0 Å². The van der Waals surface area contributed by atoms with Crippen LogP contribution in [0.25, 0.3) is 11.3 Å². The third kappa shape index (κ3) is 4.39. The van der Waals surface area contributed by atoms with Gasteiger partial charge in [0.15, 0.2) is 5.13 Å². The highest BCUT2D eigenvalue weighted by molar-refractivity contribution is 7.89. The van der Waals surface area contributed by atoms with Crippen LogP contribution in [0.1, 0.15) is 12.8 Å². The van der Waals surface area contributed by atoms with Crippen molar-refractivity contribution in [3.63, 3.8) is 0 Å². The summed E-state index contributed by atoms with van der Waals surface area (Å²) in [6.07, 6.45) is 2.31. The fraction of sp³-hybridized carbons (Fsp3) is 0.250. The Hall–Kier alpha value is -2.33. The molecule has 30 heavy (non-hydrogen) atoms. The highest BCUT2D eigenvalue weighted by Gasteiger charge is 2.33. The SMILES string of the molecule is O=C(Nc1nc(-c2ccccc2)cs1)C1CCN(S(=O)(=O)c2cccnc2Cl)CC1. The number of halogens is 1. The van der Waals surface area contributed by atoms with Gasteiger partial charge in [0, 0.05) is 36.1 Å². The second-order valence-electron chi connectivity index (χ2n) is 6.86. The number of carbonyl (C=O) groups is 1. The molecule has 2 aromatic heterocycles. The summed E-state index contributed by atoms with van der Waals surface area (Å²) in [5.41, 5.74) is 1.80. The van der Waals surface area contributed by atoms with Crippen LogP contribution in [-0.2, 0) is 14.8 Å². The minimum Gasteiger partial charge on any atom is -0.302 e. The fourth-order valence-corrected chi connectivity index (χ4v) is 5.96. The Balaban J connectivity index is 1.37. The number of pyridine rings is 1. The number of rotatable bonds is 5. The second-order valence-corrected chi connectivity index (χ2v) is 9.99. The Morgan fingerprint density at radius 2 is 1.87 bits per heavy atom. The van der Waals surface area contributed by atoms with Crippen molar-refractivity contribution in [3.8, 4) is 11.3 Å². The number of hydrogen-bond acceptors (Lipinski definition) is 6. The van der Waals surface area contributed by atoms with Crippen LogP contribution < -0.4 is 5.32 Å². The number of aromatic nitrogens is 2. The second kappa shape index (κ2) is 8.81. The van der Waals surface area contributed by atoms with Crippen LogP contribution in [0.5, 0.6) is 0 Å². The van der Waals surface area contributed by atoms with Crippen molar-refractivity contribution >= 4 is 44.0 Å². The quantitative estimate of drug-likeness (QED) is 0.580. The predicted octanol–water partition coefficient (Wildman–Crippen LogP) is 3.90. The largest absolute Gasteiger partial charge is 0.302 e. The number of thiazole rings is 1. The lowest BCUT2D eigenvalue weighted by Gasteiger charge is -2.30. The van der Waals surface area contributed by atoms with Gasteiger partial charge in [-0.2, -0.15) is 4.31 Å². The molecule has 0 radical (unpaired) electrons. The maximum Gasteiger partial charge on any atom is 0.246 e. The molecule has 1 aliphatic heterocycles. The van der Waals surface area contributed by atoms with Gasteiger partial charge in [-0.25, -0.2) is 18.4 Å². The topological polar surface area (TPSA) is 92.3 Å². The average molecular weight is 463 g/mol. The van der Waals surface area contributed by atoms with Crippen molar-refractivity contribution < 1.29 is 13.2 Å². The van der Waals surface area contributed by atoms with Gasteiger partial charge in [0.1, 0.15) is 10.0 Å². The predicted molar refractivity (Wildman–Crippen MR) is 117 cm³/mol. The van der Waals surface area contributed by atoms with Crippen LogP contribution in [0.2, 0.25) is 5.15 Å². The molecule has 0 spiro atoms. The van der Waals surface area contributed by atoms with Gasteiger partial charge in [0.05, 0.1) is 5.69 Å². The number of anilines is 1. The lowest BCUT2D eigenvalue weighted by Crippen LogP contribution is -2.41. The van der Waals surface area contributed by atoms with Crippen molar-refractivity contribution in [2.45, 2.75) is 17.7 Å². The average Bonchev–Trinajstić information content (AvgIpc) is 3.23. The minimum atomic E-state index is -3.73. The number of nitrogens with zero attached hydrogens (tertiary/aromatic N) is 3. The van der Waals surface area contributed by atoms with Gasteiger partial charge < -0.3 is 5.32 Å². The smallest absolute Gasteiger partial charge is 0.246 e. The number of carbonyl (C=O) groups excluding carboxylic acids is 1. The van der Waals surface area contributed by atoms with Gasteiger partial charge in [-0.1, -0.05) is 41.9 Å². The molecule has 1 aliphatic rings. The Labute approximate surface area is 183 Å². The lowest BCUT2D eigenvalue weighted by molar-refractivity contribution is -0.120. The standard InChI is InChI=1S/C20H19ClN4O3S2/c21-18-17(7-4-10-22-18)30(27,28)25-11-8-15(9-12-25)19(26)24-20-23-16(13-29-20)14-5-2-1-3-6-14/h1-7,10,13,15H,8-9,11-12H2,(H,23,24,26). The normalized spacial score (nSPS) is 15.8. The zero-order valence-electron chi connectivity index (χ0n) is 15.9. The molecule has 3 heterocycles. The maximum absolute atomic E-state index is 12.8. The van der Waals surface area contributed by atoms with Crippen molar-refractivity contribution in [2.75, 3.05) is 18.4 Å². The van der Waals surface area contributed by atoms with E-state index in [1.54, 1.807) is 0 Å². The molecule has 0 aliphatic carbocycles. The van der Waals surface area contributed by atoms with Gasteiger partial charge in [0.2, 0.25) is 15.9 Å². The highest BCUT2D eigenvalue weighted by Crippen LogP contribution is 2.29. The zero-order chi connectivity index (χ0) is 21.1. The molecular formula is C20H19ClN4O3S2. The van der Waals surface area contributed by atoms with Crippen molar-refractivity contribution in [2.24, 2.45) is 5.92 Å². The molecule has 0 atom stereocenters. The maximum atomic E-state index is 12.8. The molecule has 0 bridgehead atoms. The number of piperidine rings is 1. The van der Waals surface area contributed by atoms with Gasteiger partial charge in [-0.05, 0) is 25.0 Å². The number of hydrogen-bond donors (Lipinski definition) is 1. The summed E-state index contributed by atoms with van der Waals surface area (Å²) < 4.78 is 27.0. The summed E-state index contributed by atoms with van der Waals surface area (Å²) in [5.74, 6) is -0.412. The van der Waals surface area contributed by atoms with E-state index in [-0.39, 0.29) is 35.0 Å². The summed E-state index contributed by atoms with van der Waals surface area (Å²) in [6.45, 7) is 0.498. The number of nitrogens with one attached hydrogen (secondary N) is 1. The molecular weight excluding hydrogens is 444 g/mol. The van der Waals surface area contributed by atoms with Gasteiger partial charge in [-0.15, -0.1) is 11.3 Å². The van der Waals surface area contributed by atoms with Gasteiger partial charge in [0.25, 0.3) is 0 Å². The number of amides is 1. The lowest BCUT2D eigenvalue weighted by atomic mass is 9.97. The van der Waals surface area contributed by atoms with Crippen LogP contribution in [0.15, 0.2) is 58.9 Å². The molecule has 1 aromatic carbocycles. The molecule has 1 amide bonds. The summed E-state index contributed by atoms with van der Waals surface area (Å²) in [6, 6.07) is 12.7. The summed E-state index contributed by atoms with van der Waals surface area (Å²) >= 11 is 7.33. The van der Waals surface area contributed by atoms with Crippen LogP contribution in [-0.4, -0.2) is 41.7 Å². The van der Waals surface area contributed by atoms with E-state index in [1.165, 1.54) is 34.0 Å². The van der Waals surface area contributed by atoms with Gasteiger partial charge in [-0.3, -0.25) is 4.79 Å². The van der Waals surface area contributed by atoms with E-state index >= 15 is 0 Å². The van der Waals surface area contributed by atoms with Crippen molar-refractivity contribution in [1.29, 1.82) is 0 Å². The molecule has 1 saturated heterocycles. The van der Waals surface area contributed by atoms with Crippen LogP contribution >= 0.6 is 22.9 Å². The molecule has 4 rings (SSSR count). The molecule has 0 saturated carbocycles. The fourth-order valence-electron chi connectivity index (χ4n) is 3.34. The van der Waals surface area contributed by atoms with E-state index in [0.29, 0.717) is 18.0 Å². The van der Waals surface area contributed by atoms with Crippen LogP contribution in [0.3, 0.4) is 0 Å². The first kappa shape index (κ1) is 20.9. The van der Waals surface area contributed by atoms with Crippen LogP contribution in [0, 0.1) is 5.92 Å². The number of benzene rings is 1. The molecule has 156 valence electrons. The minimum absolute atomic E-state index is 0.00852. The summed E-state index contributed by atoms with van der Waals surface area (Å²) in [7, 11) is -3.73. The van der Waals surface area contributed by atoms with E-state index in [0.717, 1.165) is 11.3 Å². The molecule has 7 nitrogen and oxygen atoms in total. The summed E-state index contributed by atoms with van der Waals surface area (Å²) in [4.78, 5) is 21.0. The van der Waals surface area contributed by atoms with E-state index in [2.05, 4.69) is 15.3 Å². The monoisotopic (exact) mass is 462 g/mol. The third-order valence-electron chi connectivity index (χ3n) is 4.97. The Morgan fingerprint density at radius 1 is 1.13 bits per heavy atom. The third-order valence-corrected chi connectivity index (χ3v) is 8.07. The molecule has 1 fully saturated rings. The molecule has 1 N–H and O–H groups in total. The van der Waals surface area contributed by atoms with Crippen molar-refractivity contribution in [1.82, 2.24) is 14.3 Å². The first-order valence-electron chi connectivity index (χ1n) is 9.37. The van der Waals surface area contributed by atoms with Crippen molar-refractivity contribution in [3.05, 3.63) is 59.2 Å². The molecule has 10 heteroatoms. The Kier molecular flexibility index (Phi) is 6.14.